The summed E-state index contributed by atoms with van der Waals surface area (Å²) < 4.78 is 2.11. The van der Waals surface area contributed by atoms with Crippen LogP contribution in [0.3, 0.4) is 0 Å². The summed E-state index contributed by atoms with van der Waals surface area (Å²) in [5.74, 6) is 1.64. The second-order valence-corrected chi connectivity index (χ2v) is 9.89. The van der Waals surface area contributed by atoms with Gasteiger partial charge in [-0.2, -0.15) is 0 Å². The Bertz CT molecular complexity index is 1070. The highest BCUT2D eigenvalue weighted by atomic mass is 35.5. The highest BCUT2D eigenvalue weighted by Gasteiger charge is 2.21. The monoisotopic (exact) mass is 461 g/mol. The SMILES string of the molecule is CC(c1nnc(SCc2csc(-c3cccs3)n2)n1-c1ccc(Cl)cc1)N(C)C. The standard InChI is InChI=1S/C20H20ClN5S3/c1-13(25(2)3)18-23-24-20(26(18)16-8-6-14(21)7-9-16)29-12-15-11-28-19(22-15)17-5-4-10-27-17/h4-11,13H,12H2,1-3H3. The number of nitrogens with zero attached hydrogens (tertiary/aromatic N) is 5. The number of hydrogen-bond acceptors (Lipinski definition) is 7. The second-order valence-electron chi connectivity index (χ2n) is 6.70. The molecule has 29 heavy (non-hydrogen) atoms. The van der Waals surface area contributed by atoms with Crippen LogP contribution in [0.25, 0.3) is 15.6 Å². The van der Waals surface area contributed by atoms with Gasteiger partial charge in [-0.15, -0.1) is 32.9 Å². The van der Waals surface area contributed by atoms with Crippen LogP contribution in [-0.4, -0.2) is 38.7 Å². The Labute approximate surface area is 187 Å². The quantitative estimate of drug-likeness (QED) is 0.315. The Morgan fingerprint density at radius 3 is 2.62 bits per heavy atom. The van der Waals surface area contributed by atoms with Crippen LogP contribution in [0.15, 0.2) is 52.3 Å². The highest BCUT2D eigenvalue weighted by molar-refractivity contribution is 7.98. The summed E-state index contributed by atoms with van der Waals surface area (Å²) in [5, 5.41) is 15.8. The van der Waals surface area contributed by atoms with E-state index in [9.17, 15) is 0 Å². The van der Waals surface area contributed by atoms with Crippen LogP contribution in [0.5, 0.6) is 0 Å². The van der Waals surface area contributed by atoms with Gasteiger partial charge < -0.3 is 0 Å². The third kappa shape index (κ3) is 4.57. The van der Waals surface area contributed by atoms with Crippen molar-refractivity contribution in [2.24, 2.45) is 0 Å². The lowest BCUT2D eigenvalue weighted by atomic mass is 10.2. The van der Waals surface area contributed by atoms with Crippen LogP contribution >= 0.6 is 46.0 Å². The van der Waals surface area contributed by atoms with Gasteiger partial charge in [-0.3, -0.25) is 9.47 Å². The Balaban J connectivity index is 1.61. The first-order chi connectivity index (χ1) is 14.0. The summed E-state index contributed by atoms with van der Waals surface area (Å²) in [6.45, 7) is 2.12. The van der Waals surface area contributed by atoms with E-state index in [1.54, 1.807) is 34.4 Å². The Morgan fingerprint density at radius 1 is 1.14 bits per heavy atom. The summed E-state index contributed by atoms with van der Waals surface area (Å²) in [6, 6.07) is 12.1. The van der Waals surface area contributed by atoms with E-state index in [1.165, 1.54) is 4.88 Å². The van der Waals surface area contributed by atoms with Gasteiger partial charge in [0, 0.05) is 21.8 Å². The summed E-state index contributed by atoms with van der Waals surface area (Å²) in [7, 11) is 4.08. The van der Waals surface area contributed by atoms with Crippen molar-refractivity contribution in [1.29, 1.82) is 0 Å². The number of benzene rings is 1. The molecule has 3 heterocycles. The first-order valence-electron chi connectivity index (χ1n) is 9.01. The van der Waals surface area contributed by atoms with E-state index in [1.807, 2.05) is 38.4 Å². The zero-order chi connectivity index (χ0) is 20.4. The van der Waals surface area contributed by atoms with Gasteiger partial charge in [0.1, 0.15) is 5.01 Å². The van der Waals surface area contributed by atoms with Gasteiger partial charge in [-0.25, -0.2) is 4.98 Å². The van der Waals surface area contributed by atoms with E-state index < -0.39 is 0 Å². The summed E-state index contributed by atoms with van der Waals surface area (Å²) >= 11 is 11.1. The second kappa shape index (κ2) is 8.97. The van der Waals surface area contributed by atoms with E-state index in [4.69, 9.17) is 16.6 Å². The molecule has 0 aliphatic carbocycles. The van der Waals surface area contributed by atoms with E-state index in [0.29, 0.717) is 5.02 Å². The number of aromatic nitrogens is 4. The zero-order valence-corrected chi connectivity index (χ0v) is 19.4. The van der Waals surface area contributed by atoms with E-state index in [0.717, 1.165) is 33.1 Å². The Morgan fingerprint density at radius 2 is 1.93 bits per heavy atom. The molecule has 0 bridgehead atoms. The minimum Gasteiger partial charge on any atom is -0.300 e. The van der Waals surface area contributed by atoms with Crippen LogP contribution in [0, 0.1) is 0 Å². The van der Waals surface area contributed by atoms with Gasteiger partial charge in [0.25, 0.3) is 0 Å². The zero-order valence-electron chi connectivity index (χ0n) is 16.2. The molecule has 4 rings (SSSR count). The maximum atomic E-state index is 6.09. The number of hydrogen-bond donors (Lipinski definition) is 0. The molecule has 1 atom stereocenters. The first-order valence-corrected chi connectivity index (χ1v) is 12.1. The van der Waals surface area contributed by atoms with Gasteiger partial charge in [-0.05, 0) is 56.7 Å². The van der Waals surface area contributed by atoms with Crippen molar-refractivity contribution in [3.05, 3.63) is 63.7 Å². The van der Waals surface area contributed by atoms with Gasteiger partial charge in [-0.1, -0.05) is 29.4 Å². The van der Waals surface area contributed by atoms with Crippen LogP contribution in [0.4, 0.5) is 0 Å². The lowest BCUT2D eigenvalue weighted by Gasteiger charge is -2.20. The molecule has 0 fully saturated rings. The van der Waals surface area contributed by atoms with E-state index >= 15 is 0 Å². The number of thioether (sulfide) groups is 1. The largest absolute Gasteiger partial charge is 0.300 e. The lowest BCUT2D eigenvalue weighted by molar-refractivity contribution is 0.305. The van der Waals surface area contributed by atoms with E-state index in [-0.39, 0.29) is 6.04 Å². The number of thiazole rings is 1. The molecule has 9 heteroatoms. The average molecular weight is 462 g/mol. The Hall–Kier alpha value is -1.71. The fraction of sp³-hybridized carbons (Fsp3) is 0.250. The average Bonchev–Trinajstić information content (AvgIpc) is 3.46. The number of thiophene rings is 1. The van der Waals surface area contributed by atoms with Crippen molar-refractivity contribution >= 4 is 46.0 Å². The number of halogens is 1. The third-order valence-corrected chi connectivity index (χ3v) is 7.67. The fourth-order valence-electron chi connectivity index (χ4n) is 2.73. The maximum Gasteiger partial charge on any atom is 0.196 e. The minimum atomic E-state index is 0.122. The topological polar surface area (TPSA) is 46.8 Å². The molecular weight excluding hydrogens is 442 g/mol. The number of rotatable bonds is 7. The summed E-state index contributed by atoms with van der Waals surface area (Å²) in [6.07, 6.45) is 0. The van der Waals surface area contributed by atoms with Gasteiger partial charge in [0.05, 0.1) is 16.6 Å². The highest BCUT2D eigenvalue weighted by Crippen LogP contribution is 2.32. The van der Waals surface area contributed by atoms with Crippen molar-refractivity contribution in [2.45, 2.75) is 23.9 Å². The molecule has 1 unspecified atom stereocenters. The molecule has 5 nitrogen and oxygen atoms in total. The van der Waals surface area contributed by atoms with Crippen molar-refractivity contribution in [3.63, 3.8) is 0 Å². The third-order valence-electron chi connectivity index (χ3n) is 4.52. The molecule has 0 aliphatic heterocycles. The molecule has 0 N–H and O–H groups in total. The Kier molecular flexibility index (Phi) is 6.36. The molecule has 150 valence electrons. The predicted octanol–water partition coefficient (Wildman–Crippen LogP) is 6.02. The fourth-order valence-corrected chi connectivity index (χ4v) is 5.45. The smallest absolute Gasteiger partial charge is 0.196 e. The van der Waals surface area contributed by atoms with Crippen molar-refractivity contribution < 1.29 is 0 Å². The van der Waals surface area contributed by atoms with Gasteiger partial charge in [0.2, 0.25) is 0 Å². The van der Waals surface area contributed by atoms with Gasteiger partial charge >= 0.3 is 0 Å². The molecule has 4 aromatic rings. The normalized spacial score (nSPS) is 12.6. The van der Waals surface area contributed by atoms with Crippen LogP contribution in [0.2, 0.25) is 5.02 Å². The molecule has 3 aromatic heterocycles. The predicted molar refractivity (Wildman–Crippen MR) is 123 cm³/mol. The molecule has 1 aromatic carbocycles. The molecule has 0 radical (unpaired) electrons. The van der Waals surface area contributed by atoms with Gasteiger partial charge in [0.15, 0.2) is 11.0 Å². The van der Waals surface area contributed by atoms with E-state index in [2.05, 4.69) is 49.5 Å². The molecule has 0 spiro atoms. The summed E-state index contributed by atoms with van der Waals surface area (Å²) in [4.78, 5) is 8.11. The summed E-state index contributed by atoms with van der Waals surface area (Å²) in [5.41, 5.74) is 2.06. The molecule has 0 aliphatic rings. The van der Waals surface area contributed by atoms with Crippen molar-refractivity contribution in [2.75, 3.05) is 14.1 Å². The molecule has 0 saturated heterocycles. The minimum absolute atomic E-state index is 0.122. The first kappa shape index (κ1) is 20.6. The van der Waals surface area contributed by atoms with Crippen molar-refractivity contribution in [1.82, 2.24) is 24.6 Å². The van der Waals surface area contributed by atoms with Crippen LogP contribution in [-0.2, 0) is 5.75 Å². The lowest BCUT2D eigenvalue weighted by Crippen LogP contribution is -2.20. The van der Waals surface area contributed by atoms with Crippen LogP contribution in [0.1, 0.15) is 24.5 Å². The van der Waals surface area contributed by atoms with Crippen molar-refractivity contribution in [3.8, 4) is 15.6 Å². The molecular formula is C20H20ClN5S3. The molecule has 0 amide bonds. The van der Waals surface area contributed by atoms with Crippen LogP contribution < -0.4 is 0 Å². The maximum absolute atomic E-state index is 6.09. The molecule has 0 saturated carbocycles.